The van der Waals surface area contributed by atoms with Crippen LogP contribution in [0.3, 0.4) is 0 Å². The second-order valence-electron chi connectivity index (χ2n) is 2.68. The standard InChI is InChI=1S/C8H9N5/c1-13-8(6(9)5-11-13)7-3-2-4-10-12-7/h2-5H,9H2,1H3. The molecule has 13 heavy (non-hydrogen) atoms. The largest absolute Gasteiger partial charge is 0.396 e. The normalized spacial score (nSPS) is 10.2. The number of nitrogens with zero attached hydrogens (tertiary/aromatic N) is 4. The Kier molecular flexibility index (Phi) is 1.70. The van der Waals surface area contributed by atoms with Gasteiger partial charge in [0.2, 0.25) is 0 Å². The first-order valence-corrected chi connectivity index (χ1v) is 3.84. The molecule has 2 rings (SSSR count). The zero-order valence-corrected chi connectivity index (χ0v) is 7.18. The van der Waals surface area contributed by atoms with Gasteiger partial charge in [0.05, 0.1) is 11.9 Å². The molecule has 0 aromatic carbocycles. The lowest BCUT2D eigenvalue weighted by Crippen LogP contribution is -1.98. The fourth-order valence-electron chi connectivity index (χ4n) is 1.20. The predicted octanol–water partition coefficient (Wildman–Crippen LogP) is 0.459. The van der Waals surface area contributed by atoms with Crippen LogP contribution in [-0.2, 0) is 7.05 Å². The summed E-state index contributed by atoms with van der Waals surface area (Å²) in [6.07, 6.45) is 3.22. The monoisotopic (exact) mass is 175 g/mol. The van der Waals surface area contributed by atoms with E-state index in [1.807, 2.05) is 19.2 Å². The summed E-state index contributed by atoms with van der Waals surface area (Å²) in [5, 5.41) is 11.7. The van der Waals surface area contributed by atoms with Gasteiger partial charge < -0.3 is 5.73 Å². The first-order chi connectivity index (χ1) is 6.29. The van der Waals surface area contributed by atoms with E-state index in [2.05, 4.69) is 15.3 Å². The lowest BCUT2D eigenvalue weighted by atomic mass is 10.2. The second kappa shape index (κ2) is 2.85. The quantitative estimate of drug-likeness (QED) is 0.683. The van der Waals surface area contributed by atoms with E-state index in [9.17, 15) is 0 Å². The molecule has 0 aliphatic heterocycles. The molecule has 2 N–H and O–H groups in total. The maximum absolute atomic E-state index is 5.72. The third-order valence-corrected chi connectivity index (χ3v) is 1.78. The molecule has 0 amide bonds. The number of nitrogen functional groups attached to an aromatic ring is 1. The summed E-state index contributed by atoms with van der Waals surface area (Å²) in [6, 6.07) is 3.66. The summed E-state index contributed by atoms with van der Waals surface area (Å²) < 4.78 is 1.68. The molecule has 0 atom stereocenters. The topological polar surface area (TPSA) is 69.6 Å². The number of nitrogens with two attached hydrogens (primary N) is 1. The summed E-state index contributed by atoms with van der Waals surface area (Å²) in [4.78, 5) is 0. The first-order valence-electron chi connectivity index (χ1n) is 3.84. The molecule has 0 saturated heterocycles. The van der Waals surface area contributed by atoms with E-state index in [-0.39, 0.29) is 0 Å². The molecular formula is C8H9N5. The minimum atomic E-state index is 0.614. The predicted molar refractivity (Wildman–Crippen MR) is 48.6 cm³/mol. The Morgan fingerprint density at radius 1 is 1.46 bits per heavy atom. The lowest BCUT2D eigenvalue weighted by Gasteiger charge is -2.00. The van der Waals surface area contributed by atoms with Crippen LogP contribution in [0, 0.1) is 0 Å². The van der Waals surface area contributed by atoms with Crippen molar-refractivity contribution in [2.24, 2.45) is 7.05 Å². The summed E-state index contributed by atoms with van der Waals surface area (Å²) in [5.41, 5.74) is 7.87. The van der Waals surface area contributed by atoms with Gasteiger partial charge in [0, 0.05) is 13.2 Å². The van der Waals surface area contributed by atoms with Gasteiger partial charge in [-0.1, -0.05) is 0 Å². The van der Waals surface area contributed by atoms with Crippen molar-refractivity contribution in [1.29, 1.82) is 0 Å². The maximum Gasteiger partial charge on any atom is 0.113 e. The highest BCUT2D eigenvalue weighted by atomic mass is 15.3. The number of hydrogen-bond acceptors (Lipinski definition) is 4. The Morgan fingerprint density at radius 3 is 2.85 bits per heavy atom. The highest BCUT2D eigenvalue weighted by Crippen LogP contribution is 2.21. The van der Waals surface area contributed by atoms with Crippen LogP contribution in [0.4, 0.5) is 5.69 Å². The molecule has 0 unspecified atom stereocenters. The molecule has 2 heterocycles. The van der Waals surface area contributed by atoms with Crippen molar-refractivity contribution in [2.75, 3.05) is 5.73 Å². The van der Waals surface area contributed by atoms with Crippen LogP contribution in [0.1, 0.15) is 0 Å². The van der Waals surface area contributed by atoms with Gasteiger partial charge in [0.25, 0.3) is 0 Å². The lowest BCUT2D eigenvalue weighted by molar-refractivity contribution is 0.771. The second-order valence-corrected chi connectivity index (χ2v) is 2.68. The average Bonchev–Trinajstić information content (AvgIpc) is 2.48. The summed E-state index contributed by atoms with van der Waals surface area (Å²) in [7, 11) is 1.82. The van der Waals surface area contributed by atoms with E-state index in [4.69, 9.17) is 5.73 Å². The number of anilines is 1. The molecule has 2 aromatic rings. The minimum absolute atomic E-state index is 0.614. The smallest absolute Gasteiger partial charge is 0.113 e. The van der Waals surface area contributed by atoms with E-state index in [1.165, 1.54) is 0 Å². The van der Waals surface area contributed by atoms with E-state index in [0.29, 0.717) is 5.69 Å². The number of rotatable bonds is 1. The van der Waals surface area contributed by atoms with Gasteiger partial charge in [-0.15, -0.1) is 5.10 Å². The maximum atomic E-state index is 5.72. The fraction of sp³-hybridized carbons (Fsp3) is 0.125. The van der Waals surface area contributed by atoms with Gasteiger partial charge in [0.15, 0.2) is 0 Å². The number of aromatic nitrogens is 4. The van der Waals surface area contributed by atoms with Gasteiger partial charge in [-0.05, 0) is 12.1 Å². The third kappa shape index (κ3) is 1.24. The van der Waals surface area contributed by atoms with Crippen molar-refractivity contribution in [3.8, 4) is 11.4 Å². The Balaban J connectivity index is 2.59. The molecule has 0 spiro atoms. The molecular weight excluding hydrogens is 166 g/mol. The molecule has 0 fully saturated rings. The molecule has 0 radical (unpaired) electrons. The third-order valence-electron chi connectivity index (χ3n) is 1.78. The molecule has 0 aliphatic rings. The summed E-state index contributed by atoms with van der Waals surface area (Å²) in [5.74, 6) is 0. The SMILES string of the molecule is Cn1ncc(N)c1-c1cccnn1. The van der Waals surface area contributed by atoms with Crippen LogP contribution >= 0.6 is 0 Å². The van der Waals surface area contributed by atoms with E-state index in [1.54, 1.807) is 17.1 Å². The van der Waals surface area contributed by atoms with Crippen molar-refractivity contribution in [3.63, 3.8) is 0 Å². The van der Waals surface area contributed by atoms with Crippen molar-refractivity contribution < 1.29 is 0 Å². The van der Waals surface area contributed by atoms with Gasteiger partial charge in [-0.3, -0.25) is 4.68 Å². The van der Waals surface area contributed by atoms with Gasteiger partial charge in [-0.25, -0.2) is 0 Å². The molecule has 2 aromatic heterocycles. The van der Waals surface area contributed by atoms with Crippen LogP contribution in [0.5, 0.6) is 0 Å². The van der Waals surface area contributed by atoms with Crippen LogP contribution in [-0.4, -0.2) is 20.0 Å². The van der Waals surface area contributed by atoms with Crippen molar-refractivity contribution in [1.82, 2.24) is 20.0 Å². The van der Waals surface area contributed by atoms with Crippen LogP contribution < -0.4 is 5.73 Å². The van der Waals surface area contributed by atoms with Crippen LogP contribution in [0.25, 0.3) is 11.4 Å². The van der Waals surface area contributed by atoms with Gasteiger partial charge >= 0.3 is 0 Å². The van der Waals surface area contributed by atoms with Crippen molar-refractivity contribution in [3.05, 3.63) is 24.5 Å². The first kappa shape index (κ1) is 7.72. The number of hydrogen-bond donors (Lipinski definition) is 1. The molecule has 5 nitrogen and oxygen atoms in total. The highest BCUT2D eigenvalue weighted by Gasteiger charge is 2.08. The molecule has 66 valence electrons. The van der Waals surface area contributed by atoms with E-state index in [0.717, 1.165) is 11.4 Å². The minimum Gasteiger partial charge on any atom is -0.396 e. The molecule has 0 aliphatic carbocycles. The zero-order valence-electron chi connectivity index (χ0n) is 7.18. The Morgan fingerprint density at radius 2 is 2.31 bits per heavy atom. The van der Waals surface area contributed by atoms with E-state index >= 15 is 0 Å². The fourth-order valence-corrected chi connectivity index (χ4v) is 1.20. The van der Waals surface area contributed by atoms with E-state index < -0.39 is 0 Å². The van der Waals surface area contributed by atoms with Gasteiger partial charge in [0.1, 0.15) is 11.4 Å². The zero-order chi connectivity index (χ0) is 9.26. The molecule has 5 heteroatoms. The highest BCUT2D eigenvalue weighted by molar-refractivity contribution is 5.68. The molecule has 0 saturated carbocycles. The summed E-state index contributed by atoms with van der Waals surface area (Å²) in [6.45, 7) is 0. The average molecular weight is 175 g/mol. The van der Waals surface area contributed by atoms with Crippen molar-refractivity contribution >= 4 is 5.69 Å². The molecule has 0 bridgehead atoms. The Labute approximate surface area is 75.2 Å². The summed E-state index contributed by atoms with van der Waals surface area (Å²) >= 11 is 0. The Bertz CT molecular complexity index is 386. The Hall–Kier alpha value is -1.91. The van der Waals surface area contributed by atoms with Crippen molar-refractivity contribution in [2.45, 2.75) is 0 Å². The van der Waals surface area contributed by atoms with Gasteiger partial charge in [-0.2, -0.15) is 10.2 Å². The number of aryl methyl sites for hydroxylation is 1. The van der Waals surface area contributed by atoms with Crippen LogP contribution in [0.2, 0.25) is 0 Å². The van der Waals surface area contributed by atoms with Crippen LogP contribution in [0.15, 0.2) is 24.5 Å².